The molecule has 5 heteroatoms. The van der Waals surface area contributed by atoms with E-state index in [0.717, 1.165) is 42.1 Å². The Morgan fingerprint density at radius 1 is 1.19 bits per heavy atom. The number of benzene rings is 1. The lowest BCUT2D eigenvalue weighted by atomic mass is 9.88. The summed E-state index contributed by atoms with van der Waals surface area (Å²) in [5, 5.41) is 3.80. The first kappa shape index (κ1) is 18.9. The Morgan fingerprint density at radius 2 is 1.93 bits per heavy atom. The largest absolute Gasteiger partial charge is 0.349 e. The monoisotopic (exact) mass is 388 g/mol. The Balaban J connectivity index is 1.33. The Labute approximate surface area is 164 Å². The van der Waals surface area contributed by atoms with Gasteiger partial charge in [0.1, 0.15) is 5.82 Å². The zero-order valence-electron chi connectivity index (χ0n) is 16.1. The minimum absolute atomic E-state index is 0.0427. The van der Waals surface area contributed by atoms with Crippen LogP contribution in [0, 0.1) is 18.7 Å². The molecule has 1 aromatic carbocycles. The number of likely N-dealkylation sites (tertiary alicyclic amines) is 1. The second-order valence-corrected chi connectivity index (χ2v) is 9.27. The molecule has 1 aromatic heterocycles. The molecule has 4 rings (SSSR count). The van der Waals surface area contributed by atoms with Gasteiger partial charge in [-0.25, -0.2) is 4.39 Å². The van der Waals surface area contributed by atoms with Gasteiger partial charge in [0, 0.05) is 35.8 Å². The second-order valence-electron chi connectivity index (χ2n) is 8.22. The standard InChI is InChI=1S/C22H29FN2OS/c1-15-20-18(23)8-5-9-19(20)27-21(15)22(26)24-17-10-12-25(13-11-17)14-16-6-3-2-4-7-16/h5,8-9,16-17H,2-4,6-7,10-14H2,1H3,(H,24,26). The van der Waals surface area contributed by atoms with E-state index < -0.39 is 0 Å². The molecule has 1 N–H and O–H groups in total. The predicted octanol–water partition coefficient (Wildman–Crippen LogP) is 5.12. The van der Waals surface area contributed by atoms with Crippen LogP contribution in [0.2, 0.25) is 0 Å². The lowest BCUT2D eigenvalue weighted by Gasteiger charge is -2.35. The van der Waals surface area contributed by atoms with Gasteiger partial charge in [0.25, 0.3) is 5.91 Å². The fourth-order valence-corrected chi connectivity index (χ4v) is 5.84. The quantitative estimate of drug-likeness (QED) is 0.788. The summed E-state index contributed by atoms with van der Waals surface area (Å²) in [6.45, 7) is 5.22. The number of fused-ring (bicyclic) bond motifs is 1. The third-order valence-electron chi connectivity index (χ3n) is 6.27. The number of hydrogen-bond donors (Lipinski definition) is 1. The van der Waals surface area contributed by atoms with Gasteiger partial charge < -0.3 is 10.2 Å². The van der Waals surface area contributed by atoms with Gasteiger partial charge in [-0.05, 0) is 56.2 Å². The molecule has 2 heterocycles. The first-order chi connectivity index (χ1) is 13.1. The molecule has 1 aliphatic heterocycles. The summed E-state index contributed by atoms with van der Waals surface area (Å²) < 4.78 is 14.9. The van der Waals surface area contributed by atoms with Gasteiger partial charge in [0.15, 0.2) is 0 Å². The fraction of sp³-hybridized carbons (Fsp3) is 0.591. The Kier molecular flexibility index (Phi) is 5.79. The third-order valence-corrected chi connectivity index (χ3v) is 7.53. The molecule has 2 aliphatic rings. The number of carbonyl (C=O) groups excluding carboxylic acids is 1. The molecule has 1 saturated carbocycles. The maximum absolute atomic E-state index is 14.1. The van der Waals surface area contributed by atoms with E-state index in [1.807, 2.05) is 13.0 Å². The van der Waals surface area contributed by atoms with E-state index in [-0.39, 0.29) is 17.8 Å². The van der Waals surface area contributed by atoms with Crippen molar-refractivity contribution in [3.8, 4) is 0 Å². The number of halogens is 1. The smallest absolute Gasteiger partial charge is 0.261 e. The van der Waals surface area contributed by atoms with Gasteiger partial charge in [-0.1, -0.05) is 25.3 Å². The number of aryl methyl sites for hydroxylation is 1. The van der Waals surface area contributed by atoms with E-state index in [1.54, 1.807) is 6.07 Å². The van der Waals surface area contributed by atoms with Crippen molar-refractivity contribution in [1.29, 1.82) is 0 Å². The number of hydrogen-bond acceptors (Lipinski definition) is 3. The highest BCUT2D eigenvalue weighted by molar-refractivity contribution is 7.21. The lowest BCUT2D eigenvalue weighted by molar-refractivity contribution is 0.0905. The SMILES string of the molecule is Cc1c(C(=O)NC2CCN(CC3CCCCC3)CC2)sc2cccc(F)c12. The van der Waals surface area contributed by atoms with Crippen LogP contribution in [0.1, 0.15) is 60.2 Å². The van der Waals surface area contributed by atoms with Crippen molar-refractivity contribution in [3.63, 3.8) is 0 Å². The van der Waals surface area contributed by atoms with Crippen LogP contribution in [-0.2, 0) is 0 Å². The van der Waals surface area contributed by atoms with Crippen LogP contribution in [0.3, 0.4) is 0 Å². The summed E-state index contributed by atoms with van der Waals surface area (Å²) in [5.41, 5.74) is 0.764. The molecule has 3 nitrogen and oxygen atoms in total. The zero-order chi connectivity index (χ0) is 18.8. The molecule has 0 unspecified atom stereocenters. The van der Waals surface area contributed by atoms with Crippen molar-refractivity contribution in [2.75, 3.05) is 19.6 Å². The summed E-state index contributed by atoms with van der Waals surface area (Å²) in [4.78, 5) is 16.0. The van der Waals surface area contributed by atoms with Gasteiger partial charge in [-0.15, -0.1) is 11.3 Å². The minimum Gasteiger partial charge on any atom is -0.349 e. The van der Waals surface area contributed by atoms with Crippen LogP contribution in [0.25, 0.3) is 10.1 Å². The molecule has 146 valence electrons. The summed E-state index contributed by atoms with van der Waals surface area (Å²) in [7, 11) is 0. The van der Waals surface area contributed by atoms with Crippen LogP contribution in [0.15, 0.2) is 18.2 Å². The molecule has 0 bridgehead atoms. The van der Waals surface area contributed by atoms with Crippen molar-refractivity contribution < 1.29 is 9.18 Å². The van der Waals surface area contributed by atoms with Crippen LogP contribution < -0.4 is 5.32 Å². The van der Waals surface area contributed by atoms with Crippen molar-refractivity contribution in [1.82, 2.24) is 10.2 Å². The van der Waals surface area contributed by atoms with Crippen molar-refractivity contribution in [2.45, 2.75) is 57.9 Å². The maximum Gasteiger partial charge on any atom is 0.261 e. The van der Waals surface area contributed by atoms with Gasteiger partial charge in [-0.2, -0.15) is 0 Å². The first-order valence-electron chi connectivity index (χ1n) is 10.3. The molecule has 27 heavy (non-hydrogen) atoms. The van der Waals surface area contributed by atoms with Crippen LogP contribution in [-0.4, -0.2) is 36.5 Å². The van der Waals surface area contributed by atoms with Gasteiger partial charge in [0.2, 0.25) is 0 Å². The highest BCUT2D eigenvalue weighted by Gasteiger charge is 2.25. The predicted molar refractivity (Wildman–Crippen MR) is 110 cm³/mol. The average molecular weight is 389 g/mol. The summed E-state index contributed by atoms with van der Waals surface area (Å²) >= 11 is 1.40. The number of nitrogens with zero attached hydrogens (tertiary/aromatic N) is 1. The van der Waals surface area contributed by atoms with Crippen LogP contribution >= 0.6 is 11.3 Å². The molecule has 1 amide bonds. The van der Waals surface area contributed by atoms with Crippen LogP contribution in [0.4, 0.5) is 4.39 Å². The Bertz CT molecular complexity index is 804. The van der Waals surface area contributed by atoms with E-state index >= 15 is 0 Å². The Morgan fingerprint density at radius 3 is 2.63 bits per heavy atom. The minimum atomic E-state index is -0.240. The molecule has 0 radical (unpaired) electrons. The van der Waals surface area contributed by atoms with E-state index in [0.29, 0.717) is 10.3 Å². The fourth-order valence-electron chi connectivity index (χ4n) is 4.72. The normalized spacial score (nSPS) is 20.2. The molecule has 2 fully saturated rings. The van der Waals surface area contributed by atoms with E-state index in [4.69, 9.17) is 0 Å². The molecular formula is C22H29FN2OS. The third kappa shape index (κ3) is 4.19. The number of rotatable bonds is 4. The first-order valence-corrected chi connectivity index (χ1v) is 11.1. The van der Waals surface area contributed by atoms with Crippen molar-refractivity contribution in [3.05, 3.63) is 34.5 Å². The molecular weight excluding hydrogens is 359 g/mol. The molecule has 0 atom stereocenters. The lowest BCUT2D eigenvalue weighted by Crippen LogP contribution is -2.45. The number of nitrogens with one attached hydrogen (secondary N) is 1. The summed E-state index contributed by atoms with van der Waals surface area (Å²) in [6, 6.07) is 5.29. The van der Waals surface area contributed by atoms with Gasteiger partial charge in [0.05, 0.1) is 4.88 Å². The number of carbonyl (C=O) groups is 1. The molecule has 0 spiro atoms. The zero-order valence-corrected chi connectivity index (χ0v) is 16.9. The van der Waals surface area contributed by atoms with Crippen molar-refractivity contribution in [2.24, 2.45) is 5.92 Å². The molecule has 1 saturated heterocycles. The van der Waals surface area contributed by atoms with Gasteiger partial charge in [-0.3, -0.25) is 4.79 Å². The van der Waals surface area contributed by atoms with E-state index in [9.17, 15) is 9.18 Å². The number of thiophene rings is 1. The highest BCUT2D eigenvalue weighted by atomic mass is 32.1. The topological polar surface area (TPSA) is 32.3 Å². The average Bonchev–Trinajstić information content (AvgIpc) is 3.02. The van der Waals surface area contributed by atoms with Crippen molar-refractivity contribution >= 4 is 27.3 Å². The highest BCUT2D eigenvalue weighted by Crippen LogP contribution is 2.32. The number of piperidine rings is 1. The van der Waals surface area contributed by atoms with E-state index in [2.05, 4.69) is 10.2 Å². The maximum atomic E-state index is 14.1. The van der Waals surface area contributed by atoms with Crippen LogP contribution in [0.5, 0.6) is 0 Å². The second kappa shape index (κ2) is 8.27. The molecule has 2 aromatic rings. The summed E-state index contributed by atoms with van der Waals surface area (Å²) in [5.74, 6) is 0.594. The Hall–Kier alpha value is -1.46. The van der Waals surface area contributed by atoms with Gasteiger partial charge >= 0.3 is 0 Å². The van der Waals surface area contributed by atoms with E-state index in [1.165, 1.54) is 56.1 Å². The summed E-state index contributed by atoms with van der Waals surface area (Å²) in [6.07, 6.45) is 8.99. The number of amides is 1. The molecule has 1 aliphatic carbocycles.